The summed E-state index contributed by atoms with van der Waals surface area (Å²) in [7, 11) is 0. The molecule has 0 saturated carbocycles. The van der Waals surface area contributed by atoms with Crippen LogP contribution in [0.15, 0.2) is 11.6 Å². The van der Waals surface area contributed by atoms with Gasteiger partial charge < -0.3 is 15.8 Å². The highest BCUT2D eigenvalue weighted by Gasteiger charge is 2.21. The molecule has 2 aromatic rings. The van der Waals surface area contributed by atoms with E-state index in [-0.39, 0.29) is 11.7 Å². The number of ether oxygens (including phenoxy) is 1. The Hall–Kier alpha value is -1.67. The SMILES string of the molecule is CCOC(=O)c1c(N)nsc1NCC(C)c1nccs1. The Morgan fingerprint density at radius 2 is 2.40 bits per heavy atom. The van der Waals surface area contributed by atoms with E-state index < -0.39 is 5.97 Å². The molecule has 108 valence electrons. The minimum atomic E-state index is -0.442. The molecule has 3 N–H and O–H groups in total. The fourth-order valence-corrected chi connectivity index (χ4v) is 3.04. The Morgan fingerprint density at radius 3 is 3.05 bits per heavy atom. The summed E-state index contributed by atoms with van der Waals surface area (Å²) in [5, 5.41) is 6.84. The zero-order valence-corrected chi connectivity index (χ0v) is 12.9. The normalized spacial score (nSPS) is 12.1. The molecule has 0 radical (unpaired) electrons. The molecule has 0 aliphatic heterocycles. The van der Waals surface area contributed by atoms with E-state index in [1.165, 1.54) is 11.5 Å². The highest BCUT2D eigenvalue weighted by molar-refractivity contribution is 7.11. The quantitative estimate of drug-likeness (QED) is 0.797. The van der Waals surface area contributed by atoms with Crippen LogP contribution in [-0.2, 0) is 4.74 Å². The summed E-state index contributed by atoms with van der Waals surface area (Å²) < 4.78 is 8.99. The predicted molar refractivity (Wildman–Crippen MR) is 81.5 cm³/mol. The summed E-state index contributed by atoms with van der Waals surface area (Å²) in [5.74, 6) is 0.00868. The Kier molecular flexibility index (Phi) is 4.91. The van der Waals surface area contributed by atoms with Gasteiger partial charge in [0.05, 0.1) is 11.6 Å². The van der Waals surface area contributed by atoms with E-state index in [1.54, 1.807) is 24.5 Å². The Bertz CT molecular complexity index is 568. The number of nitrogens with zero attached hydrogens (tertiary/aromatic N) is 2. The smallest absolute Gasteiger partial charge is 0.344 e. The van der Waals surface area contributed by atoms with Gasteiger partial charge in [-0.3, -0.25) is 0 Å². The highest BCUT2D eigenvalue weighted by Crippen LogP contribution is 2.28. The molecule has 0 spiro atoms. The molecule has 1 atom stereocenters. The Balaban J connectivity index is 2.05. The van der Waals surface area contributed by atoms with Crippen molar-refractivity contribution in [2.75, 3.05) is 24.2 Å². The van der Waals surface area contributed by atoms with E-state index in [2.05, 4.69) is 21.6 Å². The fourth-order valence-electron chi connectivity index (χ4n) is 1.63. The second-order valence-electron chi connectivity index (χ2n) is 4.14. The zero-order chi connectivity index (χ0) is 14.5. The van der Waals surface area contributed by atoms with Gasteiger partial charge in [0.1, 0.15) is 10.6 Å². The van der Waals surface area contributed by atoms with E-state index in [1.807, 2.05) is 5.38 Å². The summed E-state index contributed by atoms with van der Waals surface area (Å²) >= 11 is 2.78. The van der Waals surface area contributed by atoms with Crippen molar-refractivity contribution in [3.05, 3.63) is 22.1 Å². The maximum atomic E-state index is 11.8. The van der Waals surface area contributed by atoms with Gasteiger partial charge in [-0.2, -0.15) is 4.37 Å². The third-order valence-electron chi connectivity index (χ3n) is 2.64. The molecule has 8 heteroatoms. The molecule has 1 unspecified atom stereocenters. The average molecular weight is 312 g/mol. The predicted octanol–water partition coefficient (Wildman–Crippen LogP) is 2.57. The third kappa shape index (κ3) is 3.26. The van der Waals surface area contributed by atoms with E-state index in [0.29, 0.717) is 23.7 Å². The van der Waals surface area contributed by atoms with Crippen LogP contribution in [0.2, 0.25) is 0 Å². The van der Waals surface area contributed by atoms with Crippen LogP contribution in [0.3, 0.4) is 0 Å². The first-order valence-corrected chi connectivity index (χ1v) is 7.84. The molecule has 2 aromatic heterocycles. The molecule has 6 nitrogen and oxygen atoms in total. The zero-order valence-electron chi connectivity index (χ0n) is 11.3. The second-order valence-corrected chi connectivity index (χ2v) is 5.84. The van der Waals surface area contributed by atoms with Crippen LogP contribution in [0.4, 0.5) is 10.8 Å². The third-order valence-corrected chi connectivity index (χ3v) is 4.47. The molecule has 0 aliphatic rings. The topological polar surface area (TPSA) is 90.1 Å². The molecule has 0 fully saturated rings. The molecular weight excluding hydrogens is 296 g/mol. The van der Waals surface area contributed by atoms with Crippen LogP contribution in [0.5, 0.6) is 0 Å². The Labute approximate surface area is 125 Å². The van der Waals surface area contributed by atoms with Gasteiger partial charge in [0, 0.05) is 24.0 Å². The summed E-state index contributed by atoms with van der Waals surface area (Å²) in [6.07, 6.45) is 1.78. The van der Waals surface area contributed by atoms with Crippen molar-refractivity contribution in [3.63, 3.8) is 0 Å². The Morgan fingerprint density at radius 1 is 1.60 bits per heavy atom. The van der Waals surface area contributed by atoms with Crippen LogP contribution < -0.4 is 11.1 Å². The number of rotatable bonds is 6. The number of carbonyl (C=O) groups is 1. The van der Waals surface area contributed by atoms with Crippen molar-refractivity contribution in [1.29, 1.82) is 0 Å². The largest absolute Gasteiger partial charge is 0.462 e. The summed E-state index contributed by atoms with van der Waals surface area (Å²) in [4.78, 5) is 16.1. The van der Waals surface area contributed by atoms with Gasteiger partial charge in [0.15, 0.2) is 5.82 Å². The molecule has 20 heavy (non-hydrogen) atoms. The molecular formula is C12H16N4O2S2. The number of nitrogen functional groups attached to an aromatic ring is 1. The van der Waals surface area contributed by atoms with Crippen molar-refractivity contribution in [2.45, 2.75) is 19.8 Å². The van der Waals surface area contributed by atoms with Crippen molar-refractivity contribution in [1.82, 2.24) is 9.36 Å². The number of nitrogens with two attached hydrogens (primary N) is 1. The number of thiazole rings is 1. The summed E-state index contributed by atoms with van der Waals surface area (Å²) in [5.41, 5.74) is 6.04. The maximum Gasteiger partial charge on any atom is 0.344 e. The molecule has 2 heterocycles. The number of aromatic nitrogens is 2. The molecule has 0 saturated heterocycles. The average Bonchev–Trinajstić information content (AvgIpc) is 3.05. The van der Waals surface area contributed by atoms with E-state index in [9.17, 15) is 4.79 Å². The second kappa shape index (κ2) is 6.67. The van der Waals surface area contributed by atoms with Gasteiger partial charge >= 0.3 is 5.97 Å². The van der Waals surface area contributed by atoms with Crippen LogP contribution >= 0.6 is 22.9 Å². The molecule has 0 aromatic carbocycles. The lowest BCUT2D eigenvalue weighted by Crippen LogP contribution is -2.13. The standard InChI is InChI=1S/C12H16N4O2S2/c1-3-18-12(17)8-9(13)16-20-11(8)15-6-7(2)10-14-4-5-19-10/h4-5,7,15H,3,6H2,1-2H3,(H2,13,16). The lowest BCUT2D eigenvalue weighted by molar-refractivity contribution is 0.0529. The minimum absolute atomic E-state index is 0.206. The minimum Gasteiger partial charge on any atom is -0.462 e. The van der Waals surface area contributed by atoms with Crippen molar-refractivity contribution in [3.8, 4) is 0 Å². The van der Waals surface area contributed by atoms with Crippen molar-refractivity contribution in [2.24, 2.45) is 0 Å². The number of hydrogen-bond acceptors (Lipinski definition) is 8. The monoisotopic (exact) mass is 312 g/mol. The van der Waals surface area contributed by atoms with Crippen LogP contribution in [-0.4, -0.2) is 28.5 Å². The van der Waals surface area contributed by atoms with Gasteiger partial charge in [-0.05, 0) is 18.5 Å². The van der Waals surface area contributed by atoms with Crippen molar-refractivity contribution < 1.29 is 9.53 Å². The van der Waals surface area contributed by atoms with Gasteiger partial charge in [-0.25, -0.2) is 9.78 Å². The van der Waals surface area contributed by atoms with E-state index >= 15 is 0 Å². The first-order chi connectivity index (χ1) is 9.63. The molecule has 2 rings (SSSR count). The highest BCUT2D eigenvalue weighted by atomic mass is 32.1. The number of anilines is 2. The lowest BCUT2D eigenvalue weighted by Gasteiger charge is -2.10. The van der Waals surface area contributed by atoms with Crippen molar-refractivity contribution >= 4 is 39.7 Å². The first-order valence-electron chi connectivity index (χ1n) is 6.19. The van der Waals surface area contributed by atoms with Crippen LogP contribution in [0.1, 0.15) is 35.1 Å². The summed E-state index contributed by atoms with van der Waals surface area (Å²) in [6, 6.07) is 0. The maximum absolute atomic E-state index is 11.8. The first kappa shape index (κ1) is 14.7. The van der Waals surface area contributed by atoms with E-state index in [4.69, 9.17) is 10.5 Å². The van der Waals surface area contributed by atoms with Gasteiger partial charge in [-0.15, -0.1) is 11.3 Å². The van der Waals surface area contributed by atoms with Crippen LogP contribution in [0, 0.1) is 0 Å². The molecule has 0 bridgehead atoms. The summed E-state index contributed by atoms with van der Waals surface area (Å²) in [6.45, 7) is 4.79. The lowest BCUT2D eigenvalue weighted by atomic mass is 10.2. The van der Waals surface area contributed by atoms with Crippen LogP contribution in [0.25, 0.3) is 0 Å². The number of esters is 1. The number of carbonyl (C=O) groups excluding carboxylic acids is 1. The fraction of sp³-hybridized carbons (Fsp3) is 0.417. The van der Waals surface area contributed by atoms with Gasteiger partial charge in [0.2, 0.25) is 0 Å². The van der Waals surface area contributed by atoms with Gasteiger partial charge in [-0.1, -0.05) is 6.92 Å². The molecule has 0 amide bonds. The number of nitrogens with one attached hydrogen (secondary N) is 1. The van der Waals surface area contributed by atoms with Gasteiger partial charge in [0.25, 0.3) is 0 Å². The molecule has 0 aliphatic carbocycles. The number of hydrogen-bond donors (Lipinski definition) is 2. The van der Waals surface area contributed by atoms with E-state index in [0.717, 1.165) is 5.01 Å².